The first kappa shape index (κ1) is 15.7. The van der Waals surface area contributed by atoms with Gasteiger partial charge in [0, 0.05) is 18.2 Å². The Morgan fingerprint density at radius 2 is 2.04 bits per heavy atom. The Bertz CT molecular complexity index is 730. The highest BCUT2D eigenvalue weighted by molar-refractivity contribution is 5.97. The van der Waals surface area contributed by atoms with E-state index in [0.717, 1.165) is 0 Å². The molecule has 0 radical (unpaired) electrons. The normalized spacial score (nSPS) is 16.4. The van der Waals surface area contributed by atoms with Gasteiger partial charge in [0.05, 0.1) is 0 Å². The van der Waals surface area contributed by atoms with E-state index in [9.17, 15) is 14.4 Å². The van der Waals surface area contributed by atoms with Gasteiger partial charge >= 0.3 is 5.97 Å². The molecule has 9 nitrogen and oxygen atoms in total. The molecule has 2 heterocycles. The van der Waals surface area contributed by atoms with E-state index in [4.69, 9.17) is 14.2 Å². The Morgan fingerprint density at radius 3 is 2.79 bits per heavy atom. The summed E-state index contributed by atoms with van der Waals surface area (Å²) in [5, 5.41) is 2.63. The summed E-state index contributed by atoms with van der Waals surface area (Å²) in [6.07, 6.45) is 0.432. The van der Waals surface area contributed by atoms with E-state index >= 15 is 0 Å². The molecule has 0 aliphatic carbocycles. The second-order valence-corrected chi connectivity index (χ2v) is 5.10. The van der Waals surface area contributed by atoms with E-state index in [-0.39, 0.29) is 24.8 Å². The summed E-state index contributed by atoms with van der Waals surface area (Å²) in [7, 11) is 0. The molecule has 0 saturated heterocycles. The van der Waals surface area contributed by atoms with Crippen molar-refractivity contribution in [2.24, 2.45) is 0 Å². The molecule has 9 heteroatoms. The lowest BCUT2D eigenvalue weighted by Crippen LogP contribution is -2.43. The lowest BCUT2D eigenvalue weighted by atomic mass is 10.2. The summed E-state index contributed by atoms with van der Waals surface area (Å²) in [6, 6.07) is 4.95. The predicted molar refractivity (Wildman–Crippen MR) is 80.7 cm³/mol. The second-order valence-electron chi connectivity index (χ2n) is 5.10. The molecule has 2 aliphatic heterocycles. The van der Waals surface area contributed by atoms with Crippen molar-refractivity contribution in [3.8, 4) is 11.5 Å². The van der Waals surface area contributed by atoms with Gasteiger partial charge in [-0.15, -0.1) is 0 Å². The summed E-state index contributed by atoms with van der Waals surface area (Å²) in [5.41, 5.74) is 5.29. The Morgan fingerprint density at radius 1 is 1.25 bits per heavy atom. The van der Waals surface area contributed by atoms with Crippen LogP contribution in [0.15, 0.2) is 30.0 Å². The zero-order valence-corrected chi connectivity index (χ0v) is 12.8. The summed E-state index contributed by atoms with van der Waals surface area (Å²) in [4.78, 5) is 35.0. The molecule has 0 fully saturated rings. The van der Waals surface area contributed by atoms with Gasteiger partial charge in [0.2, 0.25) is 12.7 Å². The van der Waals surface area contributed by atoms with Crippen LogP contribution >= 0.6 is 0 Å². The van der Waals surface area contributed by atoms with Crippen LogP contribution in [-0.4, -0.2) is 30.7 Å². The molecule has 1 aromatic rings. The minimum atomic E-state index is -1.02. The average molecular weight is 333 g/mol. The summed E-state index contributed by atoms with van der Waals surface area (Å²) in [5.74, 6) is -0.360. The fourth-order valence-corrected chi connectivity index (χ4v) is 2.06. The van der Waals surface area contributed by atoms with Crippen molar-refractivity contribution in [2.75, 3.05) is 12.1 Å². The molecule has 126 valence electrons. The smallest absolute Gasteiger partial charge is 0.356 e. The van der Waals surface area contributed by atoms with Crippen molar-refractivity contribution in [3.63, 3.8) is 0 Å². The zero-order valence-electron chi connectivity index (χ0n) is 12.8. The van der Waals surface area contributed by atoms with E-state index < -0.39 is 18.0 Å². The van der Waals surface area contributed by atoms with Crippen LogP contribution in [0, 0.1) is 0 Å². The maximum absolute atomic E-state index is 12.1. The Labute approximate surface area is 136 Å². The second kappa shape index (κ2) is 6.49. The highest BCUT2D eigenvalue weighted by Crippen LogP contribution is 2.34. The highest BCUT2D eigenvalue weighted by atomic mass is 16.7. The quantitative estimate of drug-likeness (QED) is 0.674. The molecule has 1 atom stereocenters. The van der Waals surface area contributed by atoms with E-state index in [0.29, 0.717) is 17.2 Å². The molecule has 1 aromatic carbocycles. The maximum atomic E-state index is 12.1. The Hall–Kier alpha value is -3.23. The lowest BCUT2D eigenvalue weighted by Gasteiger charge is -2.18. The fraction of sp³-hybridized carbons (Fsp3) is 0.267. The average Bonchev–Trinajstić information content (AvgIpc) is 3.03. The molecule has 2 aliphatic rings. The number of carbonyl (C=O) groups excluding carboxylic acids is 3. The number of hydrogen-bond donors (Lipinski definition) is 3. The van der Waals surface area contributed by atoms with E-state index in [1.165, 1.54) is 13.0 Å². The highest BCUT2D eigenvalue weighted by Gasteiger charge is 2.23. The van der Waals surface area contributed by atoms with Crippen LogP contribution in [0.1, 0.15) is 13.3 Å². The number of anilines is 1. The largest absolute Gasteiger partial charge is 0.454 e. The zero-order chi connectivity index (χ0) is 17.1. The maximum Gasteiger partial charge on any atom is 0.356 e. The number of ether oxygens (including phenoxy) is 3. The number of hydrazine groups is 1. The molecule has 3 rings (SSSR count). The van der Waals surface area contributed by atoms with Crippen LogP contribution in [0.25, 0.3) is 0 Å². The number of hydrogen-bond acceptors (Lipinski definition) is 7. The van der Waals surface area contributed by atoms with Gasteiger partial charge in [-0.3, -0.25) is 20.4 Å². The fourth-order valence-electron chi connectivity index (χ4n) is 2.06. The van der Waals surface area contributed by atoms with Crippen molar-refractivity contribution < 1.29 is 28.6 Å². The molecule has 2 amide bonds. The number of carbonyl (C=O) groups is 3. The summed E-state index contributed by atoms with van der Waals surface area (Å²) >= 11 is 0. The molecule has 0 saturated carbocycles. The first-order valence-electron chi connectivity index (χ1n) is 7.19. The monoisotopic (exact) mass is 333 g/mol. The third kappa shape index (κ3) is 3.40. The summed E-state index contributed by atoms with van der Waals surface area (Å²) in [6.45, 7) is 1.58. The lowest BCUT2D eigenvalue weighted by molar-refractivity contribution is -0.149. The van der Waals surface area contributed by atoms with Crippen LogP contribution in [0.2, 0.25) is 0 Å². The molecule has 24 heavy (non-hydrogen) atoms. The van der Waals surface area contributed by atoms with E-state index in [1.54, 1.807) is 18.2 Å². The number of fused-ring (bicyclic) bond motifs is 1. The van der Waals surface area contributed by atoms with Crippen LogP contribution in [-0.2, 0) is 19.1 Å². The van der Waals surface area contributed by atoms with Gasteiger partial charge in [-0.2, -0.15) is 0 Å². The minimum absolute atomic E-state index is 0.0647. The molecule has 0 aromatic heterocycles. The SMILES string of the molecule is C[C@@H](OC(=O)C1=CCC(=O)NN1)C(=O)Nc1ccc2c(c1)OCO2. The number of esters is 1. The predicted octanol–water partition coefficient (Wildman–Crippen LogP) is 0.194. The number of amides is 2. The molecular weight excluding hydrogens is 318 g/mol. The van der Waals surface area contributed by atoms with Crippen molar-refractivity contribution in [1.82, 2.24) is 10.9 Å². The minimum Gasteiger partial charge on any atom is -0.454 e. The first-order chi connectivity index (χ1) is 11.5. The van der Waals surface area contributed by atoms with E-state index in [2.05, 4.69) is 16.2 Å². The topological polar surface area (TPSA) is 115 Å². The molecule has 0 spiro atoms. The van der Waals surface area contributed by atoms with Crippen molar-refractivity contribution >= 4 is 23.5 Å². The molecule has 3 N–H and O–H groups in total. The van der Waals surface area contributed by atoms with Gasteiger partial charge in [0.1, 0.15) is 5.70 Å². The van der Waals surface area contributed by atoms with Gasteiger partial charge in [0.15, 0.2) is 17.6 Å². The van der Waals surface area contributed by atoms with Crippen molar-refractivity contribution in [1.29, 1.82) is 0 Å². The van der Waals surface area contributed by atoms with Gasteiger partial charge in [-0.1, -0.05) is 0 Å². The third-order valence-electron chi connectivity index (χ3n) is 3.34. The molecule has 0 bridgehead atoms. The van der Waals surface area contributed by atoms with Crippen LogP contribution in [0.4, 0.5) is 5.69 Å². The standard InChI is InChI=1S/C15H15N3O6/c1-8(24-15(21)10-3-5-13(19)18-17-10)14(20)16-9-2-4-11-12(6-9)23-7-22-11/h2-4,6,8,17H,5,7H2,1H3,(H,16,20)(H,18,19)/t8-/m1/s1. The van der Waals surface area contributed by atoms with Crippen molar-refractivity contribution in [3.05, 3.63) is 30.0 Å². The Kier molecular flexibility index (Phi) is 4.23. The van der Waals surface area contributed by atoms with Crippen molar-refractivity contribution in [2.45, 2.75) is 19.4 Å². The van der Waals surface area contributed by atoms with Gasteiger partial charge in [0.25, 0.3) is 5.91 Å². The molecular formula is C15H15N3O6. The number of rotatable bonds is 4. The van der Waals surface area contributed by atoms with E-state index in [1.807, 2.05) is 0 Å². The van der Waals surface area contributed by atoms with Crippen LogP contribution < -0.4 is 25.6 Å². The molecule has 0 unspecified atom stereocenters. The Balaban J connectivity index is 1.57. The third-order valence-corrected chi connectivity index (χ3v) is 3.34. The van der Waals surface area contributed by atoms with Crippen LogP contribution in [0.5, 0.6) is 11.5 Å². The van der Waals surface area contributed by atoms with Gasteiger partial charge < -0.3 is 19.5 Å². The summed E-state index contributed by atoms with van der Waals surface area (Å²) < 4.78 is 15.5. The first-order valence-corrected chi connectivity index (χ1v) is 7.19. The van der Waals surface area contributed by atoms with Gasteiger partial charge in [-0.25, -0.2) is 4.79 Å². The number of nitrogens with one attached hydrogen (secondary N) is 3. The van der Waals surface area contributed by atoms with Crippen LogP contribution in [0.3, 0.4) is 0 Å². The number of benzene rings is 1. The van der Waals surface area contributed by atoms with Gasteiger partial charge in [-0.05, 0) is 25.1 Å².